The van der Waals surface area contributed by atoms with Crippen molar-refractivity contribution in [3.63, 3.8) is 0 Å². The van der Waals surface area contributed by atoms with Crippen LogP contribution >= 0.6 is 11.6 Å². The van der Waals surface area contributed by atoms with Gasteiger partial charge in [0.1, 0.15) is 16.6 Å². The van der Waals surface area contributed by atoms with Gasteiger partial charge in [0.25, 0.3) is 0 Å². The molecule has 9 nitrogen and oxygen atoms in total. The minimum Gasteiger partial charge on any atom is -0.379 e. The van der Waals surface area contributed by atoms with Gasteiger partial charge in [-0.3, -0.25) is 14.6 Å². The third kappa shape index (κ3) is 6.15. The molecule has 4 N–H and O–H groups in total. The molecular weight excluding hydrogens is 478 g/mol. The lowest BCUT2D eigenvalue weighted by Gasteiger charge is -2.38. The number of halogens is 1. The van der Waals surface area contributed by atoms with E-state index < -0.39 is 0 Å². The van der Waals surface area contributed by atoms with Gasteiger partial charge in [0.05, 0.1) is 19.8 Å². The van der Waals surface area contributed by atoms with Crippen LogP contribution in [-0.2, 0) is 9.53 Å². The Bertz CT molecular complexity index is 1170. The van der Waals surface area contributed by atoms with Gasteiger partial charge in [0.15, 0.2) is 0 Å². The van der Waals surface area contributed by atoms with Crippen molar-refractivity contribution in [3.05, 3.63) is 41.8 Å². The highest BCUT2D eigenvalue weighted by Crippen LogP contribution is 2.32. The molecule has 0 spiro atoms. The fourth-order valence-electron chi connectivity index (χ4n) is 5.40. The van der Waals surface area contributed by atoms with Crippen LogP contribution in [-0.4, -0.2) is 88.7 Å². The molecule has 1 aliphatic heterocycles. The molecule has 0 aromatic carbocycles. The van der Waals surface area contributed by atoms with E-state index in [9.17, 15) is 4.79 Å². The average Bonchev–Trinajstić information content (AvgIpc) is 3.31. The van der Waals surface area contributed by atoms with Crippen molar-refractivity contribution in [2.24, 2.45) is 5.73 Å². The van der Waals surface area contributed by atoms with Crippen LogP contribution in [0.15, 0.2) is 36.7 Å². The Hall–Kier alpha value is -2.72. The van der Waals surface area contributed by atoms with Crippen LogP contribution in [0.3, 0.4) is 0 Å². The molecule has 0 unspecified atom stereocenters. The van der Waals surface area contributed by atoms with Gasteiger partial charge in [-0.05, 0) is 55.5 Å². The Kier molecular flexibility index (Phi) is 8.01. The van der Waals surface area contributed by atoms with Crippen LogP contribution in [0.25, 0.3) is 22.2 Å². The molecule has 1 aliphatic carbocycles. The zero-order chi connectivity index (χ0) is 24.9. The lowest BCUT2D eigenvalue weighted by Crippen LogP contribution is -2.48. The zero-order valence-corrected chi connectivity index (χ0v) is 21.2. The average molecular weight is 512 g/mol. The van der Waals surface area contributed by atoms with Crippen LogP contribution in [0.2, 0.25) is 5.15 Å². The molecule has 4 heterocycles. The Morgan fingerprint density at radius 2 is 2.06 bits per heavy atom. The number of aromatic amines is 1. The Morgan fingerprint density at radius 3 is 2.83 bits per heavy atom. The number of nitrogens with one attached hydrogen (secondary N) is 2. The van der Waals surface area contributed by atoms with Crippen molar-refractivity contribution in [1.29, 1.82) is 0 Å². The molecule has 1 saturated heterocycles. The highest BCUT2D eigenvalue weighted by Gasteiger charge is 2.27. The van der Waals surface area contributed by atoms with E-state index in [-0.39, 0.29) is 5.91 Å². The van der Waals surface area contributed by atoms with Gasteiger partial charge >= 0.3 is 0 Å². The quantitative estimate of drug-likeness (QED) is 0.378. The van der Waals surface area contributed by atoms with E-state index in [0.29, 0.717) is 23.8 Å². The van der Waals surface area contributed by atoms with E-state index >= 15 is 0 Å². The van der Waals surface area contributed by atoms with Crippen molar-refractivity contribution >= 4 is 34.4 Å². The van der Waals surface area contributed by atoms with Gasteiger partial charge in [0, 0.05) is 61.6 Å². The largest absolute Gasteiger partial charge is 0.379 e. The number of anilines is 1. The molecule has 10 heteroatoms. The van der Waals surface area contributed by atoms with Gasteiger partial charge in [0.2, 0.25) is 5.91 Å². The third-order valence-electron chi connectivity index (χ3n) is 7.29. The summed E-state index contributed by atoms with van der Waals surface area (Å²) in [6.45, 7) is 5.56. The molecule has 3 aromatic heterocycles. The number of nitrogens with zero attached hydrogens (tertiary/aromatic N) is 4. The van der Waals surface area contributed by atoms with E-state index in [0.717, 1.165) is 93.1 Å². The summed E-state index contributed by atoms with van der Waals surface area (Å²) in [7, 11) is 0. The summed E-state index contributed by atoms with van der Waals surface area (Å²) in [5, 5.41) is 5.11. The number of ether oxygens (including phenoxy) is 1. The molecule has 2 aliphatic rings. The summed E-state index contributed by atoms with van der Waals surface area (Å²) in [5.74, 6) is 0.515. The van der Waals surface area contributed by atoms with Crippen molar-refractivity contribution in [3.8, 4) is 11.1 Å². The predicted molar refractivity (Wildman–Crippen MR) is 142 cm³/mol. The first-order valence-corrected chi connectivity index (χ1v) is 13.1. The van der Waals surface area contributed by atoms with Crippen LogP contribution < -0.4 is 11.1 Å². The smallest absolute Gasteiger partial charge is 0.231 e. The second-order valence-electron chi connectivity index (χ2n) is 9.71. The second-order valence-corrected chi connectivity index (χ2v) is 10.1. The maximum atomic E-state index is 11.8. The summed E-state index contributed by atoms with van der Waals surface area (Å²) in [6.07, 6.45) is 7.75. The van der Waals surface area contributed by atoms with Crippen molar-refractivity contribution in [2.75, 3.05) is 51.3 Å². The number of H-pyrrole nitrogens is 1. The Balaban J connectivity index is 1.20. The number of aromatic nitrogens is 3. The third-order valence-corrected chi connectivity index (χ3v) is 7.48. The number of rotatable bonds is 9. The number of carbonyl (C=O) groups excluding carboxylic acids is 1. The minimum atomic E-state index is -0.264. The summed E-state index contributed by atoms with van der Waals surface area (Å²) >= 11 is 6.41. The van der Waals surface area contributed by atoms with Gasteiger partial charge in [-0.2, -0.15) is 0 Å². The van der Waals surface area contributed by atoms with E-state index in [2.05, 4.69) is 36.1 Å². The van der Waals surface area contributed by atoms with Gasteiger partial charge in [-0.1, -0.05) is 11.6 Å². The van der Waals surface area contributed by atoms with Crippen LogP contribution in [0.1, 0.15) is 25.7 Å². The first-order chi connectivity index (χ1) is 17.5. The lowest BCUT2D eigenvalue weighted by molar-refractivity contribution is -0.120. The standard InChI is InChI=1S/C26H34ClN7O2/c27-23-14-18(22-16-30-26-21(22)2-1-7-29-26)15-25(32-23)31-19-3-5-20(6-4-19)34(17-24(28)35)9-8-33-10-12-36-13-11-33/h1-2,7,14-16,19-20H,3-6,8-13,17H2,(H2,28,35)(H,29,30)(H,31,32). The van der Waals surface area contributed by atoms with Crippen molar-refractivity contribution in [1.82, 2.24) is 24.8 Å². The number of hydrogen-bond acceptors (Lipinski definition) is 7. The number of primary amides is 1. The lowest BCUT2D eigenvalue weighted by atomic mass is 9.90. The number of hydrogen-bond donors (Lipinski definition) is 3. The molecule has 1 amide bonds. The number of morpholine rings is 1. The van der Waals surface area contributed by atoms with E-state index in [1.54, 1.807) is 6.20 Å². The molecular formula is C26H34ClN7O2. The maximum absolute atomic E-state index is 11.8. The number of carbonyl (C=O) groups is 1. The first kappa shape index (κ1) is 25.0. The zero-order valence-electron chi connectivity index (χ0n) is 20.5. The normalized spacial score (nSPS) is 21.2. The summed E-state index contributed by atoms with van der Waals surface area (Å²) < 4.78 is 5.45. The highest BCUT2D eigenvalue weighted by atomic mass is 35.5. The van der Waals surface area contributed by atoms with Gasteiger partial charge in [-0.15, -0.1) is 0 Å². The number of fused-ring (bicyclic) bond motifs is 1. The van der Waals surface area contributed by atoms with Crippen LogP contribution in [0, 0.1) is 0 Å². The summed E-state index contributed by atoms with van der Waals surface area (Å²) in [4.78, 5) is 28.6. The van der Waals surface area contributed by atoms with E-state index in [4.69, 9.17) is 22.1 Å². The van der Waals surface area contributed by atoms with Crippen molar-refractivity contribution in [2.45, 2.75) is 37.8 Å². The van der Waals surface area contributed by atoms with E-state index in [1.807, 2.05) is 24.4 Å². The number of pyridine rings is 2. The second kappa shape index (κ2) is 11.6. The first-order valence-electron chi connectivity index (χ1n) is 12.7. The number of amides is 1. The predicted octanol–water partition coefficient (Wildman–Crippen LogP) is 3.12. The van der Waals surface area contributed by atoms with E-state index in [1.165, 1.54) is 0 Å². The van der Waals surface area contributed by atoms with Gasteiger partial charge < -0.3 is 20.8 Å². The Labute approximate surface area is 216 Å². The molecule has 5 rings (SSSR count). The van der Waals surface area contributed by atoms with Crippen LogP contribution in [0.4, 0.5) is 5.82 Å². The molecule has 1 saturated carbocycles. The summed E-state index contributed by atoms with van der Waals surface area (Å²) in [5.41, 5.74) is 8.49. The fraction of sp³-hybridized carbons (Fsp3) is 0.500. The minimum absolute atomic E-state index is 0.264. The van der Waals surface area contributed by atoms with Gasteiger partial charge in [-0.25, -0.2) is 9.97 Å². The molecule has 192 valence electrons. The molecule has 36 heavy (non-hydrogen) atoms. The topological polar surface area (TPSA) is 112 Å². The van der Waals surface area contributed by atoms with Crippen molar-refractivity contribution < 1.29 is 9.53 Å². The molecule has 0 atom stereocenters. The molecule has 3 aromatic rings. The molecule has 0 radical (unpaired) electrons. The number of nitrogens with two attached hydrogens (primary N) is 1. The summed E-state index contributed by atoms with van der Waals surface area (Å²) in [6, 6.07) is 8.58. The van der Waals surface area contributed by atoms with Crippen LogP contribution in [0.5, 0.6) is 0 Å². The fourth-order valence-corrected chi connectivity index (χ4v) is 5.61. The molecule has 2 fully saturated rings. The monoisotopic (exact) mass is 511 g/mol. The molecule has 0 bridgehead atoms. The Morgan fingerprint density at radius 1 is 1.25 bits per heavy atom. The SMILES string of the molecule is NC(=O)CN(CCN1CCOCC1)C1CCC(Nc2cc(-c3c[nH]c4ncccc34)cc(Cl)n2)CC1. The highest BCUT2D eigenvalue weighted by molar-refractivity contribution is 6.29. The maximum Gasteiger partial charge on any atom is 0.231 e.